The molecule has 2 fully saturated rings. The fourth-order valence-electron chi connectivity index (χ4n) is 2.80. The van der Waals surface area contributed by atoms with Gasteiger partial charge in [0.1, 0.15) is 6.10 Å². The van der Waals surface area contributed by atoms with Gasteiger partial charge in [-0.25, -0.2) is 0 Å². The Balaban J connectivity index is 0.00000147. The Kier molecular flexibility index (Phi) is 5.34. The van der Waals surface area contributed by atoms with Crippen molar-refractivity contribution in [2.24, 2.45) is 0 Å². The summed E-state index contributed by atoms with van der Waals surface area (Å²) in [4.78, 5) is 18.6. The van der Waals surface area contributed by atoms with Crippen molar-refractivity contribution in [3.05, 3.63) is 30.1 Å². The maximum atomic E-state index is 12.5. The monoisotopic (exact) mass is 297 g/mol. The van der Waals surface area contributed by atoms with Crippen molar-refractivity contribution in [2.45, 2.75) is 25.0 Å². The molecule has 2 unspecified atom stereocenters. The fourth-order valence-corrected chi connectivity index (χ4v) is 2.80. The average molecular weight is 298 g/mol. The van der Waals surface area contributed by atoms with Gasteiger partial charge in [-0.05, 0) is 24.5 Å². The summed E-state index contributed by atoms with van der Waals surface area (Å²) in [6, 6.07) is 4.01. The highest BCUT2D eigenvalue weighted by atomic mass is 35.5. The zero-order valence-electron chi connectivity index (χ0n) is 11.3. The highest BCUT2D eigenvalue weighted by molar-refractivity contribution is 5.85. The third-order valence-corrected chi connectivity index (χ3v) is 3.80. The molecule has 0 aliphatic carbocycles. The van der Waals surface area contributed by atoms with E-state index in [0.29, 0.717) is 6.61 Å². The maximum absolute atomic E-state index is 12.5. The predicted octanol–water partition coefficient (Wildman–Crippen LogP) is 1.16. The van der Waals surface area contributed by atoms with Gasteiger partial charge in [0.25, 0.3) is 5.91 Å². The molecular formula is C14H20ClN3O2. The average Bonchev–Trinajstić information content (AvgIpc) is 3.02. The lowest BCUT2D eigenvalue weighted by molar-refractivity contribution is -0.144. The topological polar surface area (TPSA) is 54.5 Å². The number of hydrogen-bond acceptors (Lipinski definition) is 4. The molecule has 2 atom stereocenters. The Hall–Kier alpha value is -1.17. The molecule has 0 radical (unpaired) electrons. The molecule has 1 aromatic heterocycles. The highest BCUT2D eigenvalue weighted by Gasteiger charge is 2.34. The molecule has 0 spiro atoms. The molecule has 2 saturated heterocycles. The number of amides is 1. The number of nitrogens with one attached hydrogen (secondary N) is 1. The standard InChI is InChI=1S/C14H19N3O2.ClH/c18-14(13-4-2-8-19-13)17-7-6-16-10-12(17)11-3-1-5-15-9-11;/h1,3,5,9,12-13,16H,2,4,6-8,10H2;1H. The number of hydrogen-bond donors (Lipinski definition) is 1. The van der Waals surface area contributed by atoms with Crippen LogP contribution in [0.15, 0.2) is 24.5 Å². The number of halogens is 1. The number of carbonyl (C=O) groups is 1. The van der Waals surface area contributed by atoms with E-state index in [0.717, 1.165) is 38.0 Å². The lowest BCUT2D eigenvalue weighted by Crippen LogP contribution is -2.51. The first-order chi connectivity index (χ1) is 9.36. The molecule has 1 N–H and O–H groups in total. The minimum atomic E-state index is -0.239. The predicted molar refractivity (Wildman–Crippen MR) is 77.8 cm³/mol. The molecule has 3 heterocycles. The first-order valence-corrected chi connectivity index (χ1v) is 6.89. The number of nitrogens with zero attached hydrogens (tertiary/aromatic N) is 2. The van der Waals surface area contributed by atoms with Crippen LogP contribution < -0.4 is 5.32 Å². The summed E-state index contributed by atoms with van der Waals surface area (Å²) >= 11 is 0. The first kappa shape index (κ1) is 15.2. The van der Waals surface area contributed by atoms with Gasteiger partial charge in [0.15, 0.2) is 0 Å². The van der Waals surface area contributed by atoms with E-state index < -0.39 is 0 Å². The van der Waals surface area contributed by atoms with Crippen LogP contribution in [-0.2, 0) is 9.53 Å². The molecule has 1 aromatic rings. The quantitative estimate of drug-likeness (QED) is 0.890. The lowest BCUT2D eigenvalue weighted by atomic mass is 10.0. The van der Waals surface area contributed by atoms with Crippen LogP contribution in [0.4, 0.5) is 0 Å². The molecule has 110 valence electrons. The third-order valence-electron chi connectivity index (χ3n) is 3.80. The van der Waals surface area contributed by atoms with Gasteiger partial charge in [-0.3, -0.25) is 9.78 Å². The van der Waals surface area contributed by atoms with Crippen LogP contribution in [0, 0.1) is 0 Å². The van der Waals surface area contributed by atoms with Crippen molar-refractivity contribution >= 4 is 18.3 Å². The van der Waals surface area contributed by atoms with Crippen LogP contribution in [0.3, 0.4) is 0 Å². The second-order valence-electron chi connectivity index (χ2n) is 5.04. The Labute approximate surface area is 125 Å². The summed E-state index contributed by atoms with van der Waals surface area (Å²) in [7, 11) is 0. The van der Waals surface area contributed by atoms with Gasteiger partial charge in [0.05, 0.1) is 6.04 Å². The SMILES string of the molecule is Cl.O=C(C1CCCO1)N1CCNCC1c1cccnc1. The normalized spacial score (nSPS) is 26.1. The van der Waals surface area contributed by atoms with Crippen molar-refractivity contribution in [3.8, 4) is 0 Å². The van der Waals surface area contributed by atoms with E-state index in [1.807, 2.05) is 23.2 Å². The minimum absolute atomic E-state index is 0. The van der Waals surface area contributed by atoms with E-state index in [-0.39, 0.29) is 30.5 Å². The summed E-state index contributed by atoms with van der Waals surface area (Å²) in [6.07, 6.45) is 5.19. The number of ether oxygens (including phenoxy) is 1. The lowest BCUT2D eigenvalue weighted by Gasteiger charge is -2.37. The Morgan fingerprint density at radius 3 is 3.10 bits per heavy atom. The van der Waals surface area contributed by atoms with Gasteiger partial charge in [-0.1, -0.05) is 6.07 Å². The Bertz CT molecular complexity index is 437. The zero-order chi connectivity index (χ0) is 13.1. The number of piperazine rings is 1. The number of rotatable bonds is 2. The Morgan fingerprint density at radius 2 is 2.40 bits per heavy atom. The minimum Gasteiger partial charge on any atom is -0.368 e. The first-order valence-electron chi connectivity index (χ1n) is 6.89. The summed E-state index contributed by atoms with van der Waals surface area (Å²) in [5.74, 6) is 0.132. The fraction of sp³-hybridized carbons (Fsp3) is 0.571. The number of pyridine rings is 1. The second kappa shape index (κ2) is 7.02. The van der Waals surface area contributed by atoms with Crippen molar-refractivity contribution < 1.29 is 9.53 Å². The molecule has 0 aromatic carbocycles. The molecule has 0 bridgehead atoms. The van der Waals surface area contributed by atoms with Gasteiger partial charge < -0.3 is 15.0 Å². The molecule has 2 aliphatic heterocycles. The summed E-state index contributed by atoms with van der Waals surface area (Å²) < 4.78 is 5.52. The number of aromatic nitrogens is 1. The van der Waals surface area contributed by atoms with Crippen LogP contribution in [0.25, 0.3) is 0 Å². The second-order valence-corrected chi connectivity index (χ2v) is 5.04. The zero-order valence-corrected chi connectivity index (χ0v) is 12.1. The van der Waals surface area contributed by atoms with Crippen molar-refractivity contribution in [2.75, 3.05) is 26.2 Å². The van der Waals surface area contributed by atoms with E-state index in [9.17, 15) is 4.79 Å². The maximum Gasteiger partial charge on any atom is 0.252 e. The van der Waals surface area contributed by atoms with Crippen molar-refractivity contribution in [1.29, 1.82) is 0 Å². The molecule has 0 saturated carbocycles. The van der Waals surface area contributed by atoms with E-state index in [2.05, 4.69) is 10.3 Å². The van der Waals surface area contributed by atoms with Crippen LogP contribution >= 0.6 is 12.4 Å². The van der Waals surface area contributed by atoms with E-state index in [4.69, 9.17) is 4.74 Å². The third kappa shape index (κ3) is 3.11. The largest absolute Gasteiger partial charge is 0.368 e. The van der Waals surface area contributed by atoms with Gasteiger partial charge >= 0.3 is 0 Å². The van der Waals surface area contributed by atoms with Crippen LogP contribution in [0.2, 0.25) is 0 Å². The van der Waals surface area contributed by atoms with Gasteiger partial charge in [-0.2, -0.15) is 0 Å². The van der Waals surface area contributed by atoms with Gasteiger partial charge in [0, 0.05) is 38.6 Å². The molecule has 6 heteroatoms. The summed E-state index contributed by atoms with van der Waals surface area (Å²) in [5.41, 5.74) is 1.08. The molecule has 3 rings (SSSR count). The summed E-state index contributed by atoms with van der Waals surface area (Å²) in [5, 5.41) is 3.35. The molecule has 20 heavy (non-hydrogen) atoms. The Morgan fingerprint density at radius 1 is 1.50 bits per heavy atom. The summed E-state index contributed by atoms with van der Waals surface area (Å²) in [6.45, 7) is 3.07. The molecular weight excluding hydrogens is 278 g/mol. The highest BCUT2D eigenvalue weighted by Crippen LogP contribution is 2.25. The molecule has 2 aliphatic rings. The van der Waals surface area contributed by atoms with Crippen LogP contribution in [0.5, 0.6) is 0 Å². The number of carbonyl (C=O) groups excluding carboxylic acids is 1. The van der Waals surface area contributed by atoms with Crippen LogP contribution in [-0.4, -0.2) is 48.1 Å². The molecule has 1 amide bonds. The van der Waals surface area contributed by atoms with Crippen molar-refractivity contribution in [3.63, 3.8) is 0 Å². The molecule has 5 nitrogen and oxygen atoms in total. The van der Waals surface area contributed by atoms with Crippen LogP contribution in [0.1, 0.15) is 24.4 Å². The van der Waals surface area contributed by atoms with E-state index in [1.165, 1.54) is 0 Å². The van der Waals surface area contributed by atoms with Crippen molar-refractivity contribution in [1.82, 2.24) is 15.2 Å². The van der Waals surface area contributed by atoms with Gasteiger partial charge in [-0.15, -0.1) is 12.4 Å². The smallest absolute Gasteiger partial charge is 0.252 e. The van der Waals surface area contributed by atoms with E-state index >= 15 is 0 Å². The van der Waals surface area contributed by atoms with Gasteiger partial charge in [0.2, 0.25) is 0 Å². The van der Waals surface area contributed by atoms with E-state index in [1.54, 1.807) is 6.20 Å².